The van der Waals surface area contributed by atoms with Gasteiger partial charge < -0.3 is 10.4 Å². The molecule has 0 aromatic heterocycles. The Morgan fingerprint density at radius 2 is 2.13 bits per heavy atom. The van der Waals surface area contributed by atoms with Crippen LogP contribution in [0.3, 0.4) is 0 Å². The molecule has 0 radical (unpaired) electrons. The Hall–Kier alpha value is -1.16. The molecular formula is C11H13F2NO. The third-order valence-electron chi connectivity index (χ3n) is 2.99. The lowest BCUT2D eigenvalue weighted by Gasteiger charge is -2.26. The van der Waals surface area contributed by atoms with E-state index in [0.717, 1.165) is 19.4 Å². The van der Waals surface area contributed by atoms with Gasteiger partial charge in [-0.05, 0) is 32.4 Å². The van der Waals surface area contributed by atoms with Crippen molar-refractivity contribution in [3.63, 3.8) is 0 Å². The van der Waals surface area contributed by atoms with Crippen molar-refractivity contribution >= 4 is 0 Å². The number of nitrogens with one attached hydrogen (secondary N) is 1. The van der Waals surface area contributed by atoms with Crippen LogP contribution in [0.2, 0.25) is 0 Å². The molecule has 2 nitrogen and oxygen atoms in total. The van der Waals surface area contributed by atoms with E-state index in [1.807, 2.05) is 6.92 Å². The van der Waals surface area contributed by atoms with Crippen LogP contribution in [0.4, 0.5) is 8.78 Å². The molecule has 1 atom stereocenters. The topological polar surface area (TPSA) is 32.3 Å². The zero-order valence-corrected chi connectivity index (χ0v) is 8.48. The standard InChI is InChI=1S/C11H13F2NO/c1-11(3-2-4-14-11)8-5-7(12)6-9(13)10(8)15/h5-6,14-15H,2-4H2,1H3. The predicted octanol–water partition coefficient (Wildman–Crippen LogP) is 2.27. The molecule has 1 aliphatic rings. The Labute approximate surface area is 86.9 Å². The van der Waals surface area contributed by atoms with Crippen LogP contribution in [0.15, 0.2) is 12.1 Å². The summed E-state index contributed by atoms with van der Waals surface area (Å²) in [4.78, 5) is 0. The minimum atomic E-state index is -0.903. The van der Waals surface area contributed by atoms with Crippen molar-refractivity contribution in [2.24, 2.45) is 0 Å². The average molecular weight is 213 g/mol. The monoisotopic (exact) mass is 213 g/mol. The molecule has 1 saturated heterocycles. The van der Waals surface area contributed by atoms with E-state index < -0.39 is 22.9 Å². The van der Waals surface area contributed by atoms with E-state index >= 15 is 0 Å². The summed E-state index contributed by atoms with van der Waals surface area (Å²) in [6.45, 7) is 2.64. The Bertz CT molecular complexity index is 386. The summed E-state index contributed by atoms with van der Waals surface area (Å²) < 4.78 is 26.2. The molecule has 4 heteroatoms. The van der Waals surface area contributed by atoms with Crippen molar-refractivity contribution in [2.45, 2.75) is 25.3 Å². The summed E-state index contributed by atoms with van der Waals surface area (Å²) in [5.41, 5.74) is -0.218. The highest BCUT2D eigenvalue weighted by molar-refractivity contribution is 5.40. The fraction of sp³-hybridized carbons (Fsp3) is 0.455. The lowest BCUT2D eigenvalue weighted by molar-refractivity contribution is 0.371. The number of hydrogen-bond acceptors (Lipinski definition) is 2. The second-order valence-corrected chi connectivity index (χ2v) is 4.15. The van der Waals surface area contributed by atoms with Gasteiger partial charge in [0.25, 0.3) is 0 Å². The first-order chi connectivity index (χ1) is 7.03. The maximum atomic E-state index is 13.1. The lowest BCUT2D eigenvalue weighted by atomic mass is 9.89. The summed E-state index contributed by atoms with van der Waals surface area (Å²) in [5, 5.41) is 12.7. The van der Waals surface area contributed by atoms with Crippen LogP contribution in [0.25, 0.3) is 0 Å². The fourth-order valence-electron chi connectivity index (χ4n) is 2.11. The largest absolute Gasteiger partial charge is 0.505 e. The molecule has 0 aliphatic carbocycles. The van der Waals surface area contributed by atoms with Crippen LogP contribution in [0.1, 0.15) is 25.3 Å². The van der Waals surface area contributed by atoms with E-state index in [2.05, 4.69) is 5.32 Å². The maximum absolute atomic E-state index is 13.1. The van der Waals surface area contributed by atoms with E-state index in [1.54, 1.807) is 0 Å². The van der Waals surface area contributed by atoms with Gasteiger partial charge in [0.15, 0.2) is 11.6 Å². The smallest absolute Gasteiger partial charge is 0.168 e. The van der Waals surface area contributed by atoms with Crippen molar-refractivity contribution in [1.82, 2.24) is 5.32 Å². The number of benzene rings is 1. The lowest BCUT2D eigenvalue weighted by Crippen LogP contribution is -2.33. The van der Waals surface area contributed by atoms with Gasteiger partial charge in [-0.1, -0.05) is 0 Å². The first-order valence-corrected chi connectivity index (χ1v) is 4.96. The number of hydrogen-bond donors (Lipinski definition) is 2. The zero-order valence-electron chi connectivity index (χ0n) is 8.48. The van der Waals surface area contributed by atoms with E-state index in [4.69, 9.17) is 0 Å². The molecule has 0 saturated carbocycles. The van der Waals surface area contributed by atoms with Gasteiger partial charge >= 0.3 is 0 Å². The fourth-order valence-corrected chi connectivity index (χ4v) is 2.11. The molecule has 1 aliphatic heterocycles. The van der Waals surface area contributed by atoms with Crippen LogP contribution in [-0.2, 0) is 5.54 Å². The van der Waals surface area contributed by atoms with Crippen LogP contribution in [0.5, 0.6) is 5.75 Å². The van der Waals surface area contributed by atoms with Gasteiger partial charge in [0.1, 0.15) is 5.82 Å². The number of phenolic OH excluding ortho intramolecular Hbond substituents is 1. The van der Waals surface area contributed by atoms with Crippen molar-refractivity contribution < 1.29 is 13.9 Å². The average Bonchev–Trinajstić information content (AvgIpc) is 2.59. The molecule has 15 heavy (non-hydrogen) atoms. The Morgan fingerprint density at radius 3 is 2.73 bits per heavy atom. The highest BCUT2D eigenvalue weighted by Gasteiger charge is 2.33. The van der Waals surface area contributed by atoms with Crippen molar-refractivity contribution in [3.8, 4) is 5.75 Å². The number of rotatable bonds is 1. The molecule has 82 valence electrons. The first kappa shape index (κ1) is 10.4. The van der Waals surface area contributed by atoms with Gasteiger partial charge in [-0.2, -0.15) is 0 Å². The normalized spacial score (nSPS) is 25.8. The zero-order chi connectivity index (χ0) is 11.1. The van der Waals surface area contributed by atoms with Gasteiger partial charge in [0.05, 0.1) is 0 Å². The quantitative estimate of drug-likeness (QED) is 0.750. The molecule has 2 N–H and O–H groups in total. The van der Waals surface area contributed by atoms with Crippen molar-refractivity contribution in [1.29, 1.82) is 0 Å². The minimum Gasteiger partial charge on any atom is -0.505 e. The summed E-state index contributed by atoms with van der Waals surface area (Å²) >= 11 is 0. The van der Waals surface area contributed by atoms with E-state index in [-0.39, 0.29) is 0 Å². The third-order valence-corrected chi connectivity index (χ3v) is 2.99. The summed E-state index contributed by atoms with van der Waals surface area (Å²) in [6.07, 6.45) is 1.71. The van der Waals surface area contributed by atoms with Gasteiger partial charge in [-0.3, -0.25) is 0 Å². The SMILES string of the molecule is CC1(c2cc(F)cc(F)c2O)CCCN1. The highest BCUT2D eigenvalue weighted by atomic mass is 19.1. The molecule has 1 fully saturated rings. The van der Waals surface area contributed by atoms with Gasteiger partial charge in [-0.15, -0.1) is 0 Å². The molecule has 2 rings (SSSR count). The highest BCUT2D eigenvalue weighted by Crippen LogP contribution is 2.37. The van der Waals surface area contributed by atoms with Crippen LogP contribution in [-0.4, -0.2) is 11.7 Å². The molecule has 0 spiro atoms. The summed E-state index contributed by atoms with van der Waals surface area (Å²) in [7, 11) is 0. The Kier molecular flexibility index (Phi) is 2.38. The second-order valence-electron chi connectivity index (χ2n) is 4.15. The molecule has 1 aromatic rings. The second kappa shape index (κ2) is 3.45. The molecule has 0 amide bonds. The van der Waals surface area contributed by atoms with Crippen LogP contribution < -0.4 is 5.32 Å². The molecule has 0 bridgehead atoms. The Morgan fingerprint density at radius 1 is 1.40 bits per heavy atom. The summed E-state index contributed by atoms with van der Waals surface area (Å²) in [5.74, 6) is -2.01. The van der Waals surface area contributed by atoms with E-state index in [0.29, 0.717) is 11.6 Å². The van der Waals surface area contributed by atoms with Gasteiger partial charge in [0.2, 0.25) is 0 Å². The Balaban J connectivity index is 2.51. The van der Waals surface area contributed by atoms with Crippen molar-refractivity contribution in [3.05, 3.63) is 29.3 Å². The van der Waals surface area contributed by atoms with Gasteiger partial charge in [0, 0.05) is 17.2 Å². The van der Waals surface area contributed by atoms with Crippen LogP contribution in [0, 0.1) is 11.6 Å². The first-order valence-electron chi connectivity index (χ1n) is 4.96. The molecule has 1 heterocycles. The number of aromatic hydroxyl groups is 1. The van der Waals surface area contributed by atoms with Crippen molar-refractivity contribution in [2.75, 3.05) is 6.54 Å². The van der Waals surface area contributed by atoms with E-state index in [1.165, 1.54) is 6.07 Å². The maximum Gasteiger partial charge on any atom is 0.168 e. The number of phenols is 1. The minimum absolute atomic E-state index is 0.303. The van der Waals surface area contributed by atoms with Crippen LogP contribution >= 0.6 is 0 Å². The summed E-state index contributed by atoms with van der Waals surface area (Å²) in [6, 6.07) is 1.88. The van der Waals surface area contributed by atoms with E-state index in [9.17, 15) is 13.9 Å². The molecular weight excluding hydrogens is 200 g/mol. The molecule has 1 unspecified atom stereocenters. The van der Waals surface area contributed by atoms with Gasteiger partial charge in [-0.25, -0.2) is 8.78 Å². The molecule has 1 aromatic carbocycles. The predicted molar refractivity (Wildman–Crippen MR) is 52.6 cm³/mol. The third kappa shape index (κ3) is 1.69. The number of halogens is 2.